The molecule has 0 fully saturated rings. The Morgan fingerprint density at radius 1 is 1.45 bits per heavy atom. The van der Waals surface area contributed by atoms with Gasteiger partial charge < -0.3 is 10.2 Å². The summed E-state index contributed by atoms with van der Waals surface area (Å²) in [6, 6.07) is 2.23. The second kappa shape index (κ2) is 7.42. The van der Waals surface area contributed by atoms with Crippen LogP contribution in [0.5, 0.6) is 0 Å². The Labute approximate surface area is 126 Å². The molecule has 0 bridgehead atoms. The predicted octanol–water partition coefficient (Wildman–Crippen LogP) is 2.58. The van der Waals surface area contributed by atoms with Gasteiger partial charge in [0.1, 0.15) is 0 Å². The highest BCUT2D eigenvalue weighted by atomic mass is 35.5. The van der Waals surface area contributed by atoms with E-state index < -0.39 is 10.8 Å². The van der Waals surface area contributed by atoms with Crippen LogP contribution in [0.4, 0.5) is 5.69 Å². The molecule has 0 aliphatic heterocycles. The van der Waals surface area contributed by atoms with Crippen LogP contribution in [0.15, 0.2) is 12.1 Å². The molecule has 0 saturated heterocycles. The van der Waals surface area contributed by atoms with Gasteiger partial charge in [-0.25, -0.2) is 0 Å². The molecule has 1 aromatic carbocycles. The van der Waals surface area contributed by atoms with Gasteiger partial charge in [0.05, 0.1) is 20.5 Å². The number of nitro groups is 1. The number of likely N-dealkylation sites (N-methyl/N-ethyl adjacent to an activating group) is 1. The van der Waals surface area contributed by atoms with Crippen molar-refractivity contribution < 1.29 is 9.72 Å². The van der Waals surface area contributed by atoms with E-state index in [2.05, 4.69) is 5.32 Å². The number of nitrogens with one attached hydrogen (secondary N) is 1. The fourth-order valence-corrected chi connectivity index (χ4v) is 1.87. The van der Waals surface area contributed by atoms with Crippen LogP contribution in [0, 0.1) is 10.1 Å². The van der Waals surface area contributed by atoms with Gasteiger partial charge >= 0.3 is 0 Å². The maximum absolute atomic E-state index is 12.0. The van der Waals surface area contributed by atoms with Crippen molar-refractivity contribution in [2.45, 2.75) is 6.92 Å². The summed E-state index contributed by atoms with van der Waals surface area (Å²) in [6.07, 6.45) is 0. The van der Waals surface area contributed by atoms with Gasteiger partial charge in [-0.3, -0.25) is 14.9 Å². The number of carbonyl (C=O) groups is 1. The fraction of sp³-hybridized carbons (Fsp3) is 0.417. The summed E-state index contributed by atoms with van der Waals surface area (Å²) in [5, 5.41) is 13.4. The third-order valence-electron chi connectivity index (χ3n) is 2.79. The summed E-state index contributed by atoms with van der Waals surface area (Å²) in [6.45, 7) is 3.95. The van der Waals surface area contributed by atoms with Crippen LogP contribution in [0.1, 0.15) is 17.3 Å². The van der Waals surface area contributed by atoms with Crippen LogP contribution in [-0.4, -0.2) is 42.4 Å². The first-order valence-electron chi connectivity index (χ1n) is 5.97. The monoisotopic (exact) mass is 319 g/mol. The topological polar surface area (TPSA) is 75.5 Å². The van der Waals surface area contributed by atoms with E-state index in [9.17, 15) is 14.9 Å². The molecule has 0 aromatic heterocycles. The Bertz CT molecular complexity index is 523. The zero-order chi connectivity index (χ0) is 15.3. The van der Waals surface area contributed by atoms with Crippen molar-refractivity contribution in [2.75, 3.05) is 26.7 Å². The lowest BCUT2D eigenvalue weighted by atomic mass is 10.2. The minimum Gasteiger partial charge on any atom is -0.351 e. The van der Waals surface area contributed by atoms with E-state index in [4.69, 9.17) is 23.2 Å². The maximum Gasteiger partial charge on any atom is 0.271 e. The van der Waals surface area contributed by atoms with E-state index in [0.29, 0.717) is 13.1 Å². The third-order valence-corrected chi connectivity index (χ3v) is 3.59. The molecule has 110 valence electrons. The van der Waals surface area contributed by atoms with E-state index in [1.165, 1.54) is 0 Å². The van der Waals surface area contributed by atoms with Crippen molar-refractivity contribution in [1.82, 2.24) is 10.2 Å². The highest BCUT2D eigenvalue weighted by Crippen LogP contribution is 2.30. The molecule has 1 amide bonds. The summed E-state index contributed by atoms with van der Waals surface area (Å²) >= 11 is 11.7. The van der Waals surface area contributed by atoms with Crippen LogP contribution in [0.3, 0.4) is 0 Å². The van der Waals surface area contributed by atoms with Gasteiger partial charge in [0.25, 0.3) is 11.6 Å². The summed E-state index contributed by atoms with van der Waals surface area (Å²) in [5.74, 6) is -0.481. The number of rotatable bonds is 6. The van der Waals surface area contributed by atoms with Gasteiger partial charge in [0, 0.05) is 25.2 Å². The number of halogens is 2. The molecule has 0 saturated carbocycles. The van der Waals surface area contributed by atoms with Gasteiger partial charge in [-0.2, -0.15) is 0 Å². The molecule has 0 atom stereocenters. The van der Waals surface area contributed by atoms with Crippen LogP contribution >= 0.6 is 23.2 Å². The molecule has 0 aliphatic carbocycles. The fourth-order valence-electron chi connectivity index (χ4n) is 1.46. The summed E-state index contributed by atoms with van der Waals surface area (Å²) in [7, 11) is 1.92. The molecule has 0 heterocycles. The van der Waals surface area contributed by atoms with E-state index >= 15 is 0 Å². The normalized spacial score (nSPS) is 10.7. The van der Waals surface area contributed by atoms with Crippen LogP contribution in [0.2, 0.25) is 10.0 Å². The number of non-ortho nitro benzene ring substituents is 1. The summed E-state index contributed by atoms with van der Waals surface area (Å²) < 4.78 is 0. The number of nitro benzene ring substituents is 1. The van der Waals surface area contributed by atoms with Crippen molar-refractivity contribution in [3.63, 3.8) is 0 Å². The van der Waals surface area contributed by atoms with Crippen LogP contribution in [-0.2, 0) is 0 Å². The molecule has 1 aromatic rings. The predicted molar refractivity (Wildman–Crippen MR) is 78.6 cm³/mol. The molecular formula is C12H15Cl2N3O3. The first kappa shape index (κ1) is 16.7. The Balaban J connectivity index is 2.84. The van der Waals surface area contributed by atoms with Crippen LogP contribution < -0.4 is 5.32 Å². The molecule has 1 N–H and O–H groups in total. The molecule has 1 rings (SSSR count). The highest BCUT2D eigenvalue weighted by Gasteiger charge is 2.19. The van der Waals surface area contributed by atoms with E-state index in [1.807, 2.05) is 18.9 Å². The van der Waals surface area contributed by atoms with Gasteiger partial charge in [-0.1, -0.05) is 30.1 Å². The van der Waals surface area contributed by atoms with Crippen molar-refractivity contribution in [2.24, 2.45) is 0 Å². The Morgan fingerprint density at radius 3 is 2.65 bits per heavy atom. The van der Waals surface area contributed by atoms with Crippen molar-refractivity contribution in [3.05, 3.63) is 37.9 Å². The van der Waals surface area contributed by atoms with Crippen molar-refractivity contribution in [1.29, 1.82) is 0 Å². The lowest BCUT2D eigenvalue weighted by Gasteiger charge is -2.14. The Hall–Kier alpha value is -1.37. The highest BCUT2D eigenvalue weighted by molar-refractivity contribution is 6.44. The van der Waals surface area contributed by atoms with Gasteiger partial charge in [0.2, 0.25) is 0 Å². The number of carbonyl (C=O) groups excluding carboxylic acids is 1. The zero-order valence-corrected chi connectivity index (χ0v) is 12.7. The quantitative estimate of drug-likeness (QED) is 0.646. The van der Waals surface area contributed by atoms with Gasteiger partial charge in [0.15, 0.2) is 0 Å². The van der Waals surface area contributed by atoms with Gasteiger partial charge in [-0.15, -0.1) is 0 Å². The average molecular weight is 320 g/mol. The number of benzene rings is 1. The van der Waals surface area contributed by atoms with E-state index in [-0.39, 0.29) is 21.3 Å². The molecule has 0 unspecified atom stereocenters. The second-order valence-corrected chi connectivity index (χ2v) is 4.98. The molecule has 8 heteroatoms. The van der Waals surface area contributed by atoms with Crippen LogP contribution in [0.25, 0.3) is 0 Å². The summed E-state index contributed by atoms with van der Waals surface area (Å²) in [4.78, 5) is 24.1. The smallest absolute Gasteiger partial charge is 0.271 e. The van der Waals surface area contributed by atoms with Crippen molar-refractivity contribution in [3.8, 4) is 0 Å². The third kappa shape index (κ3) is 4.33. The first-order chi connectivity index (χ1) is 9.36. The molecule has 20 heavy (non-hydrogen) atoms. The molecule has 0 spiro atoms. The Morgan fingerprint density at radius 2 is 2.10 bits per heavy atom. The van der Waals surface area contributed by atoms with Crippen molar-refractivity contribution >= 4 is 34.8 Å². The first-order valence-corrected chi connectivity index (χ1v) is 6.72. The van der Waals surface area contributed by atoms with E-state index in [1.54, 1.807) is 0 Å². The minimum atomic E-state index is -0.621. The second-order valence-electron chi connectivity index (χ2n) is 4.20. The SMILES string of the molecule is CCN(C)CCNC(=O)c1cc([N+](=O)[O-])cc(Cl)c1Cl. The number of hydrogen-bond acceptors (Lipinski definition) is 4. The largest absolute Gasteiger partial charge is 0.351 e. The minimum absolute atomic E-state index is 0.00465. The standard InChI is InChI=1S/C12H15Cl2N3O3/c1-3-16(2)5-4-15-12(18)9-6-8(17(19)20)7-10(13)11(9)14/h6-7H,3-5H2,1-2H3,(H,15,18). The molecule has 0 aliphatic rings. The van der Waals surface area contributed by atoms with Gasteiger partial charge in [-0.05, 0) is 13.6 Å². The molecule has 0 radical (unpaired) electrons. The Kier molecular flexibility index (Phi) is 6.19. The zero-order valence-electron chi connectivity index (χ0n) is 11.2. The molecule has 6 nitrogen and oxygen atoms in total. The lowest BCUT2D eigenvalue weighted by Crippen LogP contribution is -2.33. The number of hydrogen-bond donors (Lipinski definition) is 1. The number of nitrogens with zero attached hydrogens (tertiary/aromatic N) is 2. The maximum atomic E-state index is 12.0. The summed E-state index contributed by atoms with van der Waals surface area (Å²) in [5.41, 5.74) is -0.264. The van der Waals surface area contributed by atoms with E-state index in [0.717, 1.165) is 18.7 Å². The number of amides is 1. The average Bonchev–Trinajstić information content (AvgIpc) is 2.40. The lowest BCUT2D eigenvalue weighted by molar-refractivity contribution is -0.384. The molecular weight excluding hydrogens is 305 g/mol.